The average molecular weight is 572 g/mol. The first kappa shape index (κ1) is 27.5. The molecule has 1 aliphatic carbocycles. The van der Waals surface area contributed by atoms with Gasteiger partial charge in [-0.15, -0.1) is 5.10 Å². The van der Waals surface area contributed by atoms with E-state index in [0.29, 0.717) is 5.82 Å². The molecule has 4 rings (SSSR count). The van der Waals surface area contributed by atoms with Gasteiger partial charge in [0, 0.05) is 12.6 Å². The number of nitrogens with zero attached hydrogens (tertiary/aromatic N) is 5. The van der Waals surface area contributed by atoms with Crippen molar-refractivity contribution in [2.75, 3.05) is 24.7 Å². The SMILES string of the molecule is CS(=O)(=O)NCC(OC[C@H]1O[C@@H](n2nnc3c(NC4CCCC4)nc(Cl)nc32)[C@H](O)[C@@H]1O)P(=O)(O)O. The fourth-order valence-corrected chi connectivity index (χ4v) is 5.46. The Bertz CT molecular complexity index is 1240. The van der Waals surface area contributed by atoms with E-state index in [1.807, 2.05) is 4.72 Å². The second-order valence-electron chi connectivity index (χ2n) is 8.72. The third-order valence-corrected chi connectivity index (χ3v) is 7.86. The predicted molar refractivity (Wildman–Crippen MR) is 125 cm³/mol. The predicted octanol–water partition coefficient (Wildman–Crippen LogP) is -1.08. The van der Waals surface area contributed by atoms with Gasteiger partial charge in [0.2, 0.25) is 15.3 Å². The zero-order chi connectivity index (χ0) is 26.3. The molecule has 36 heavy (non-hydrogen) atoms. The molecule has 0 spiro atoms. The van der Waals surface area contributed by atoms with E-state index in [1.54, 1.807) is 0 Å². The number of aliphatic hydroxyl groups is 2. The monoisotopic (exact) mass is 571 g/mol. The van der Waals surface area contributed by atoms with E-state index in [2.05, 4.69) is 25.6 Å². The Morgan fingerprint density at radius 1 is 1.25 bits per heavy atom. The molecule has 2 aromatic rings. The number of fused-ring (bicyclic) bond motifs is 1. The molecule has 0 bridgehead atoms. The van der Waals surface area contributed by atoms with Crippen LogP contribution in [0.15, 0.2) is 0 Å². The van der Waals surface area contributed by atoms with E-state index >= 15 is 0 Å². The second-order valence-corrected chi connectivity index (χ2v) is 12.6. The summed E-state index contributed by atoms with van der Waals surface area (Å²) >= 11 is 6.10. The highest BCUT2D eigenvalue weighted by Gasteiger charge is 2.46. The van der Waals surface area contributed by atoms with Gasteiger partial charge in [-0.1, -0.05) is 18.1 Å². The Balaban J connectivity index is 1.50. The summed E-state index contributed by atoms with van der Waals surface area (Å²) in [6, 6.07) is 0.195. The lowest BCUT2D eigenvalue weighted by atomic mass is 10.1. The molecular formula is C17H27ClN7O9PS. The summed E-state index contributed by atoms with van der Waals surface area (Å²) in [6.07, 6.45) is -0.686. The maximum atomic E-state index is 11.7. The zero-order valence-corrected chi connectivity index (χ0v) is 21.5. The van der Waals surface area contributed by atoms with Gasteiger partial charge in [0.05, 0.1) is 12.9 Å². The number of sulfonamides is 1. The van der Waals surface area contributed by atoms with Crippen LogP contribution in [-0.2, 0) is 24.1 Å². The summed E-state index contributed by atoms with van der Waals surface area (Å²) in [7, 11) is -8.64. The van der Waals surface area contributed by atoms with Gasteiger partial charge >= 0.3 is 7.60 Å². The van der Waals surface area contributed by atoms with Crippen molar-refractivity contribution in [3.63, 3.8) is 0 Å². The molecule has 1 saturated heterocycles. The molecule has 19 heteroatoms. The van der Waals surface area contributed by atoms with Gasteiger partial charge in [0.1, 0.15) is 18.3 Å². The number of aromatic nitrogens is 5. The molecule has 202 valence electrons. The number of rotatable bonds is 10. The first-order valence-electron chi connectivity index (χ1n) is 11.0. The van der Waals surface area contributed by atoms with Crippen molar-refractivity contribution in [3.05, 3.63) is 5.28 Å². The molecule has 0 radical (unpaired) electrons. The molecule has 16 nitrogen and oxygen atoms in total. The molecule has 1 aliphatic heterocycles. The second kappa shape index (κ2) is 10.7. The number of aliphatic hydroxyl groups excluding tert-OH is 2. The van der Waals surface area contributed by atoms with Crippen LogP contribution in [0.4, 0.5) is 5.82 Å². The fraction of sp³-hybridized carbons (Fsp3) is 0.765. The van der Waals surface area contributed by atoms with E-state index < -0.39 is 61.2 Å². The van der Waals surface area contributed by atoms with Gasteiger partial charge in [-0.3, -0.25) is 4.57 Å². The van der Waals surface area contributed by atoms with Crippen molar-refractivity contribution in [1.29, 1.82) is 0 Å². The Hall–Kier alpha value is -1.53. The average Bonchev–Trinajstić information content (AvgIpc) is 3.48. The highest BCUT2D eigenvalue weighted by molar-refractivity contribution is 7.88. The molecule has 2 fully saturated rings. The van der Waals surface area contributed by atoms with Gasteiger partial charge in [-0.2, -0.15) is 14.6 Å². The normalized spacial score (nSPS) is 26.6. The van der Waals surface area contributed by atoms with Gasteiger partial charge in [0.15, 0.2) is 29.1 Å². The summed E-state index contributed by atoms with van der Waals surface area (Å²) in [5.41, 5.74) is 0.420. The van der Waals surface area contributed by atoms with E-state index in [4.69, 9.17) is 21.1 Å². The van der Waals surface area contributed by atoms with Gasteiger partial charge in [0.25, 0.3) is 0 Å². The lowest BCUT2D eigenvalue weighted by molar-refractivity contribution is -0.0758. The Morgan fingerprint density at radius 2 is 1.94 bits per heavy atom. The highest BCUT2D eigenvalue weighted by atomic mass is 35.5. The van der Waals surface area contributed by atoms with Gasteiger partial charge in [-0.05, 0) is 24.4 Å². The minimum Gasteiger partial charge on any atom is -0.387 e. The van der Waals surface area contributed by atoms with Crippen molar-refractivity contribution in [3.8, 4) is 0 Å². The van der Waals surface area contributed by atoms with Crippen molar-refractivity contribution in [2.45, 2.75) is 62.1 Å². The van der Waals surface area contributed by atoms with E-state index in [-0.39, 0.29) is 22.5 Å². The van der Waals surface area contributed by atoms with Crippen LogP contribution in [0, 0.1) is 0 Å². The van der Waals surface area contributed by atoms with Crippen molar-refractivity contribution in [2.24, 2.45) is 0 Å². The molecule has 3 heterocycles. The lowest BCUT2D eigenvalue weighted by Crippen LogP contribution is -2.38. The van der Waals surface area contributed by atoms with Crippen LogP contribution in [0.5, 0.6) is 0 Å². The molecule has 6 N–H and O–H groups in total. The Morgan fingerprint density at radius 3 is 2.58 bits per heavy atom. The molecule has 5 atom stereocenters. The van der Waals surface area contributed by atoms with Crippen LogP contribution in [-0.4, -0.2) is 103 Å². The first-order valence-corrected chi connectivity index (χ1v) is 15.0. The maximum Gasteiger partial charge on any atom is 0.355 e. The topological polar surface area (TPSA) is 231 Å². The molecule has 2 aromatic heterocycles. The zero-order valence-electron chi connectivity index (χ0n) is 19.0. The van der Waals surface area contributed by atoms with Gasteiger partial charge in [-0.25, -0.2) is 13.1 Å². The number of halogens is 1. The fourth-order valence-electron chi connectivity index (χ4n) is 4.11. The molecule has 1 unspecified atom stereocenters. The van der Waals surface area contributed by atoms with Crippen LogP contribution in [0.2, 0.25) is 5.28 Å². The van der Waals surface area contributed by atoms with E-state index in [1.165, 1.54) is 0 Å². The van der Waals surface area contributed by atoms with Crippen LogP contribution >= 0.6 is 19.2 Å². The number of nitrogens with one attached hydrogen (secondary N) is 2. The van der Waals surface area contributed by atoms with Crippen LogP contribution in [0.1, 0.15) is 31.9 Å². The molecule has 2 aliphatic rings. The van der Waals surface area contributed by atoms with Gasteiger partial charge < -0.3 is 34.8 Å². The van der Waals surface area contributed by atoms with Crippen LogP contribution in [0.3, 0.4) is 0 Å². The van der Waals surface area contributed by atoms with E-state index in [9.17, 15) is 33.0 Å². The number of ether oxygens (including phenoxy) is 2. The minimum atomic E-state index is -4.89. The highest BCUT2D eigenvalue weighted by Crippen LogP contribution is 2.42. The third kappa shape index (κ3) is 6.30. The molecular weight excluding hydrogens is 545 g/mol. The van der Waals surface area contributed by atoms with Crippen molar-refractivity contribution < 1.29 is 42.5 Å². The standard InChI is InChI=1S/C17H27ClN7O9PS/c1-36(31,32)19-6-10(35(28,29)30)33-7-9-12(26)13(27)16(34-9)25-15-11(23-24-25)14(21-17(18)22-15)20-8-4-2-3-5-8/h8-10,12-13,16,19,26-27H,2-7H2,1H3,(H,20,21,22)(H2,28,29,30)/t9-,10?,12-,13-,16-/m1/s1. The van der Waals surface area contributed by atoms with Crippen molar-refractivity contribution >= 4 is 46.2 Å². The lowest BCUT2D eigenvalue weighted by Gasteiger charge is -2.22. The summed E-state index contributed by atoms with van der Waals surface area (Å²) < 4.78 is 48.2. The smallest absolute Gasteiger partial charge is 0.355 e. The van der Waals surface area contributed by atoms with E-state index in [0.717, 1.165) is 36.6 Å². The number of hydrogen-bond acceptors (Lipinski definition) is 12. The largest absolute Gasteiger partial charge is 0.387 e. The van der Waals surface area contributed by atoms with Crippen LogP contribution < -0.4 is 10.0 Å². The summed E-state index contributed by atoms with van der Waals surface area (Å²) in [5.74, 6) is -1.47. The summed E-state index contributed by atoms with van der Waals surface area (Å²) in [4.78, 5) is 27.3. The first-order chi connectivity index (χ1) is 16.8. The molecule has 0 amide bonds. The Labute approximate surface area is 210 Å². The quantitative estimate of drug-likeness (QED) is 0.147. The Kier molecular flexibility index (Phi) is 8.16. The maximum absolute atomic E-state index is 11.7. The molecule has 1 saturated carbocycles. The minimum absolute atomic E-state index is 0.0951. The van der Waals surface area contributed by atoms with Crippen LogP contribution in [0.25, 0.3) is 11.2 Å². The summed E-state index contributed by atoms with van der Waals surface area (Å²) in [5, 5.41) is 32.3. The number of hydrogen-bond donors (Lipinski definition) is 6. The molecule has 0 aromatic carbocycles. The third-order valence-electron chi connectivity index (χ3n) is 5.92. The number of anilines is 1. The van der Waals surface area contributed by atoms with Crippen molar-refractivity contribution in [1.82, 2.24) is 29.7 Å². The summed E-state index contributed by atoms with van der Waals surface area (Å²) in [6.45, 7) is -1.29.